The largest absolute Gasteiger partial charge is 0.369 e. The van der Waals surface area contributed by atoms with Gasteiger partial charge in [-0.2, -0.15) is 0 Å². The first-order valence-electron chi connectivity index (χ1n) is 7.28. The van der Waals surface area contributed by atoms with Crippen molar-refractivity contribution in [3.8, 4) is 0 Å². The SMILES string of the molecule is Fc1ccc(CN2CCN(c3ccc(Cl)cc3)CC2)cc1Br. The average molecular weight is 384 g/mol. The van der Waals surface area contributed by atoms with E-state index in [2.05, 4.69) is 37.9 Å². The molecule has 0 aliphatic carbocycles. The van der Waals surface area contributed by atoms with E-state index < -0.39 is 0 Å². The van der Waals surface area contributed by atoms with E-state index in [9.17, 15) is 4.39 Å². The lowest BCUT2D eigenvalue weighted by atomic mass is 10.2. The highest BCUT2D eigenvalue weighted by molar-refractivity contribution is 9.10. The van der Waals surface area contributed by atoms with Crippen LogP contribution in [0.2, 0.25) is 5.02 Å². The second kappa shape index (κ2) is 6.99. The van der Waals surface area contributed by atoms with E-state index in [0.29, 0.717) is 4.47 Å². The summed E-state index contributed by atoms with van der Waals surface area (Å²) in [5.74, 6) is -0.212. The van der Waals surface area contributed by atoms with Crippen molar-refractivity contribution >= 4 is 33.2 Å². The van der Waals surface area contributed by atoms with Crippen molar-refractivity contribution in [2.75, 3.05) is 31.1 Å². The van der Waals surface area contributed by atoms with Crippen molar-refractivity contribution in [1.29, 1.82) is 0 Å². The van der Waals surface area contributed by atoms with Gasteiger partial charge in [-0.1, -0.05) is 17.7 Å². The Morgan fingerprint density at radius 3 is 2.32 bits per heavy atom. The molecule has 0 atom stereocenters. The topological polar surface area (TPSA) is 6.48 Å². The van der Waals surface area contributed by atoms with Crippen LogP contribution < -0.4 is 4.90 Å². The molecular weight excluding hydrogens is 367 g/mol. The molecule has 2 nitrogen and oxygen atoms in total. The van der Waals surface area contributed by atoms with Crippen LogP contribution in [-0.4, -0.2) is 31.1 Å². The average Bonchev–Trinajstić information content (AvgIpc) is 2.53. The van der Waals surface area contributed by atoms with E-state index in [1.807, 2.05) is 24.3 Å². The molecule has 0 bridgehead atoms. The number of benzene rings is 2. The Balaban J connectivity index is 1.57. The number of anilines is 1. The van der Waals surface area contributed by atoms with Crippen LogP contribution in [0.5, 0.6) is 0 Å². The maximum absolute atomic E-state index is 13.3. The second-order valence-electron chi connectivity index (χ2n) is 5.49. The molecule has 0 spiro atoms. The number of piperazine rings is 1. The van der Waals surface area contributed by atoms with Gasteiger partial charge in [0, 0.05) is 43.4 Å². The highest BCUT2D eigenvalue weighted by Gasteiger charge is 2.17. The highest BCUT2D eigenvalue weighted by atomic mass is 79.9. The summed E-state index contributed by atoms with van der Waals surface area (Å²) in [5, 5.41) is 0.768. The fraction of sp³-hybridized carbons (Fsp3) is 0.294. The van der Waals surface area contributed by atoms with Gasteiger partial charge < -0.3 is 4.90 Å². The lowest BCUT2D eigenvalue weighted by Crippen LogP contribution is -2.45. The molecule has 0 unspecified atom stereocenters. The van der Waals surface area contributed by atoms with Crippen LogP contribution in [0.1, 0.15) is 5.56 Å². The van der Waals surface area contributed by atoms with Crippen LogP contribution in [0, 0.1) is 5.82 Å². The molecule has 0 amide bonds. The van der Waals surface area contributed by atoms with Crippen molar-refractivity contribution in [1.82, 2.24) is 4.90 Å². The standard InChI is InChI=1S/C17H17BrClFN2/c18-16-11-13(1-6-17(16)20)12-21-7-9-22(10-8-21)15-4-2-14(19)3-5-15/h1-6,11H,7-10,12H2. The lowest BCUT2D eigenvalue weighted by molar-refractivity contribution is 0.250. The van der Waals surface area contributed by atoms with Gasteiger partial charge in [0.1, 0.15) is 5.82 Å². The van der Waals surface area contributed by atoms with Gasteiger partial charge in [-0.25, -0.2) is 4.39 Å². The predicted molar refractivity (Wildman–Crippen MR) is 93.0 cm³/mol. The molecule has 0 saturated carbocycles. The van der Waals surface area contributed by atoms with Gasteiger partial charge in [-0.05, 0) is 57.9 Å². The number of rotatable bonds is 3. The van der Waals surface area contributed by atoms with Crippen molar-refractivity contribution in [3.05, 3.63) is 63.3 Å². The van der Waals surface area contributed by atoms with Gasteiger partial charge in [0.05, 0.1) is 4.47 Å². The third-order valence-corrected chi connectivity index (χ3v) is 4.81. The Hall–Kier alpha value is -1.10. The molecule has 1 saturated heterocycles. The highest BCUT2D eigenvalue weighted by Crippen LogP contribution is 2.21. The van der Waals surface area contributed by atoms with Crippen molar-refractivity contribution in [2.24, 2.45) is 0 Å². The summed E-state index contributed by atoms with van der Waals surface area (Å²) in [4.78, 5) is 4.76. The van der Waals surface area contributed by atoms with Gasteiger partial charge >= 0.3 is 0 Å². The molecule has 0 radical (unpaired) electrons. The molecule has 2 aromatic carbocycles. The summed E-state index contributed by atoms with van der Waals surface area (Å²) in [5.41, 5.74) is 2.35. The van der Waals surface area contributed by atoms with E-state index in [4.69, 9.17) is 11.6 Å². The Kier molecular flexibility index (Phi) is 5.01. The zero-order valence-corrected chi connectivity index (χ0v) is 14.4. The van der Waals surface area contributed by atoms with Gasteiger partial charge in [0.15, 0.2) is 0 Å². The molecule has 2 aromatic rings. The Labute approximate surface area is 143 Å². The first-order valence-corrected chi connectivity index (χ1v) is 8.46. The fourth-order valence-corrected chi connectivity index (χ4v) is 3.26. The third kappa shape index (κ3) is 3.80. The Morgan fingerprint density at radius 1 is 1.00 bits per heavy atom. The molecule has 3 rings (SSSR count). The number of hydrogen-bond donors (Lipinski definition) is 0. The summed E-state index contributed by atoms with van der Waals surface area (Å²) in [6.07, 6.45) is 0. The van der Waals surface area contributed by atoms with E-state index in [-0.39, 0.29) is 5.82 Å². The summed E-state index contributed by atoms with van der Waals surface area (Å²) in [6, 6.07) is 13.2. The van der Waals surface area contributed by atoms with E-state index in [0.717, 1.165) is 43.3 Å². The van der Waals surface area contributed by atoms with Gasteiger partial charge in [-0.15, -0.1) is 0 Å². The monoisotopic (exact) mass is 382 g/mol. The Bertz CT molecular complexity index is 640. The maximum Gasteiger partial charge on any atom is 0.137 e. The minimum atomic E-state index is -0.212. The molecule has 0 aromatic heterocycles. The lowest BCUT2D eigenvalue weighted by Gasteiger charge is -2.36. The molecule has 1 heterocycles. The van der Waals surface area contributed by atoms with Crippen LogP contribution in [-0.2, 0) is 6.54 Å². The van der Waals surface area contributed by atoms with Gasteiger partial charge in [0.2, 0.25) is 0 Å². The van der Waals surface area contributed by atoms with Gasteiger partial charge in [0.25, 0.3) is 0 Å². The van der Waals surface area contributed by atoms with E-state index >= 15 is 0 Å². The zero-order valence-electron chi connectivity index (χ0n) is 12.1. The molecular formula is C17H17BrClFN2. The normalized spacial score (nSPS) is 16.0. The second-order valence-corrected chi connectivity index (χ2v) is 6.78. The van der Waals surface area contributed by atoms with E-state index in [1.54, 1.807) is 0 Å². The fourth-order valence-electron chi connectivity index (χ4n) is 2.71. The number of nitrogens with zero attached hydrogens (tertiary/aromatic N) is 2. The molecule has 1 aliphatic heterocycles. The minimum absolute atomic E-state index is 0.212. The zero-order chi connectivity index (χ0) is 15.5. The maximum atomic E-state index is 13.3. The molecule has 0 N–H and O–H groups in total. The third-order valence-electron chi connectivity index (χ3n) is 3.95. The first kappa shape index (κ1) is 15.8. The predicted octanol–water partition coefficient (Wildman–Crippen LogP) is 4.56. The number of hydrogen-bond acceptors (Lipinski definition) is 2. The van der Waals surface area contributed by atoms with Gasteiger partial charge in [-0.3, -0.25) is 4.90 Å². The smallest absolute Gasteiger partial charge is 0.137 e. The van der Waals surface area contributed by atoms with E-state index in [1.165, 1.54) is 11.8 Å². The van der Waals surface area contributed by atoms with Crippen LogP contribution >= 0.6 is 27.5 Å². The van der Waals surface area contributed by atoms with Crippen molar-refractivity contribution in [3.63, 3.8) is 0 Å². The van der Waals surface area contributed by atoms with Crippen LogP contribution in [0.3, 0.4) is 0 Å². The summed E-state index contributed by atoms with van der Waals surface area (Å²) >= 11 is 9.17. The molecule has 1 fully saturated rings. The Morgan fingerprint density at radius 2 is 1.68 bits per heavy atom. The molecule has 116 valence electrons. The molecule has 1 aliphatic rings. The van der Waals surface area contributed by atoms with Crippen molar-refractivity contribution < 1.29 is 4.39 Å². The number of halogens is 3. The van der Waals surface area contributed by atoms with Crippen LogP contribution in [0.25, 0.3) is 0 Å². The summed E-state index contributed by atoms with van der Waals surface area (Å²) in [6.45, 7) is 4.83. The van der Waals surface area contributed by atoms with Crippen molar-refractivity contribution in [2.45, 2.75) is 6.54 Å². The summed E-state index contributed by atoms with van der Waals surface area (Å²) in [7, 11) is 0. The molecule has 5 heteroatoms. The minimum Gasteiger partial charge on any atom is -0.369 e. The molecule has 22 heavy (non-hydrogen) atoms. The van der Waals surface area contributed by atoms with Crippen LogP contribution in [0.15, 0.2) is 46.9 Å². The quantitative estimate of drug-likeness (QED) is 0.766. The van der Waals surface area contributed by atoms with Crippen LogP contribution in [0.4, 0.5) is 10.1 Å². The summed E-state index contributed by atoms with van der Waals surface area (Å²) < 4.78 is 13.8. The first-order chi connectivity index (χ1) is 10.6.